The quantitative estimate of drug-likeness (QED) is 0.658. The highest BCUT2D eigenvalue weighted by atomic mass is 127. The maximum atomic E-state index is 12.5. The Morgan fingerprint density at radius 1 is 1.54 bits per heavy atom. The van der Waals surface area contributed by atoms with Crippen molar-refractivity contribution >= 4 is 42.1 Å². The fourth-order valence-corrected chi connectivity index (χ4v) is 3.26. The Balaban J connectivity index is 2.03. The molecule has 0 aromatic rings. The van der Waals surface area contributed by atoms with Crippen LogP contribution in [-0.2, 0) is 0 Å². The number of halogens is 4. The van der Waals surface area contributed by atoms with Gasteiger partial charge in [-0.15, -0.1) is 0 Å². The second-order valence-corrected chi connectivity index (χ2v) is 6.60. The first kappa shape index (κ1) is 9.71. The molecule has 1 heterocycles. The van der Waals surface area contributed by atoms with Gasteiger partial charge in [0.2, 0.25) is 5.92 Å². The summed E-state index contributed by atoms with van der Waals surface area (Å²) in [5, 5.41) is 0. The standard InChI is InChI=1S/C8H7ClF2IN/c9-7-4-13-6(3-12-7)5-1-8(10,11)2-5/h3-5H,1-2H2. The molecular weight excluding hydrogens is 310 g/mol. The monoisotopic (exact) mass is 317 g/mol. The van der Waals surface area contributed by atoms with Gasteiger partial charge in [0.25, 0.3) is 0 Å². The molecule has 5 heteroatoms. The molecule has 0 saturated heterocycles. The van der Waals surface area contributed by atoms with Crippen LogP contribution in [0, 0.1) is 5.92 Å². The molecule has 2 aliphatic rings. The number of hydrogen-bond donors (Lipinski definition) is 0. The summed E-state index contributed by atoms with van der Waals surface area (Å²) in [4.78, 5) is 4.06. The second-order valence-electron chi connectivity index (χ2n) is 3.15. The van der Waals surface area contributed by atoms with Crippen molar-refractivity contribution in [1.29, 1.82) is 0 Å². The Kier molecular flexibility index (Phi) is 2.53. The average Bonchev–Trinajstić information content (AvgIpc) is 2.01. The van der Waals surface area contributed by atoms with Gasteiger partial charge in [-0.2, -0.15) is 0 Å². The molecule has 1 aliphatic heterocycles. The minimum Gasteiger partial charge on any atom is -0.259 e. The fraction of sp³-hybridized carbons (Fsp3) is 0.500. The largest absolute Gasteiger partial charge is 0.259 e. The average molecular weight is 318 g/mol. The van der Waals surface area contributed by atoms with Crippen LogP contribution < -0.4 is 0 Å². The van der Waals surface area contributed by atoms with Gasteiger partial charge in [0.05, 0.1) is 9.24 Å². The molecule has 0 aromatic heterocycles. The van der Waals surface area contributed by atoms with E-state index in [2.05, 4.69) is 4.99 Å². The van der Waals surface area contributed by atoms with Crippen molar-refractivity contribution in [3.8, 4) is 0 Å². The molecule has 0 atom stereocenters. The van der Waals surface area contributed by atoms with Crippen molar-refractivity contribution < 1.29 is 8.78 Å². The molecule has 1 nitrogen and oxygen atoms in total. The highest BCUT2D eigenvalue weighted by molar-refractivity contribution is 14.2. The Morgan fingerprint density at radius 2 is 2.23 bits per heavy atom. The SMILES string of the molecule is FC1(F)CC(C2=NC=C(Cl)I=C2)C1. The highest BCUT2D eigenvalue weighted by Gasteiger charge is 2.46. The van der Waals surface area contributed by atoms with Gasteiger partial charge < -0.3 is 0 Å². The third kappa shape index (κ3) is 2.15. The van der Waals surface area contributed by atoms with Crippen LogP contribution in [0.5, 0.6) is 0 Å². The molecule has 13 heavy (non-hydrogen) atoms. The van der Waals surface area contributed by atoms with Crippen molar-refractivity contribution in [1.82, 2.24) is 0 Å². The van der Waals surface area contributed by atoms with Gasteiger partial charge in [-0.3, -0.25) is 4.99 Å². The van der Waals surface area contributed by atoms with Crippen LogP contribution in [0.25, 0.3) is 0 Å². The molecule has 0 bridgehead atoms. The van der Waals surface area contributed by atoms with E-state index in [0.29, 0.717) is 0 Å². The van der Waals surface area contributed by atoms with Crippen molar-refractivity contribution in [3.05, 3.63) is 9.24 Å². The fourth-order valence-electron chi connectivity index (χ4n) is 1.35. The third-order valence-corrected chi connectivity index (χ3v) is 4.56. The summed E-state index contributed by atoms with van der Waals surface area (Å²) in [5.41, 5.74) is 0.822. The summed E-state index contributed by atoms with van der Waals surface area (Å²) in [5.74, 6) is -2.49. The lowest BCUT2D eigenvalue weighted by Gasteiger charge is -2.34. The Morgan fingerprint density at radius 3 is 2.69 bits per heavy atom. The first-order valence-electron chi connectivity index (χ1n) is 3.85. The van der Waals surface area contributed by atoms with E-state index >= 15 is 0 Å². The van der Waals surface area contributed by atoms with E-state index in [4.69, 9.17) is 11.6 Å². The molecule has 0 amide bonds. The maximum Gasteiger partial charge on any atom is 0.249 e. The number of rotatable bonds is 1. The molecule has 0 N–H and O–H groups in total. The lowest BCUT2D eigenvalue weighted by Crippen LogP contribution is -2.40. The van der Waals surface area contributed by atoms with Crippen molar-refractivity contribution in [2.24, 2.45) is 10.9 Å². The zero-order valence-corrected chi connectivity index (χ0v) is 9.52. The van der Waals surface area contributed by atoms with Gasteiger partial charge in [0, 0.05) is 24.5 Å². The Bertz CT molecular complexity index is 314. The Hall–Kier alpha value is 0.160. The second kappa shape index (κ2) is 3.38. The summed E-state index contributed by atoms with van der Waals surface area (Å²) in [7, 11) is 0. The summed E-state index contributed by atoms with van der Waals surface area (Å²) in [6, 6.07) is 0. The van der Waals surface area contributed by atoms with Gasteiger partial charge in [0.15, 0.2) is 0 Å². The third-order valence-electron chi connectivity index (χ3n) is 2.09. The molecule has 0 aromatic carbocycles. The minimum absolute atomic E-state index is 0.0317. The number of hydrogen-bond acceptors (Lipinski definition) is 1. The summed E-state index contributed by atoms with van der Waals surface area (Å²) < 4.78 is 27.8. The van der Waals surface area contributed by atoms with Gasteiger partial charge in [-0.1, -0.05) is 32.3 Å². The number of aliphatic imine (C=N–C) groups is 1. The first-order valence-corrected chi connectivity index (χ1v) is 6.55. The Labute approximate surface area is 89.6 Å². The zero-order valence-electron chi connectivity index (χ0n) is 6.61. The number of alkyl halides is 2. The van der Waals surface area contributed by atoms with Crippen molar-refractivity contribution in [3.63, 3.8) is 0 Å². The normalized spacial score (nSPS) is 27.0. The van der Waals surface area contributed by atoms with Crippen LogP contribution in [0.2, 0.25) is 0 Å². The van der Waals surface area contributed by atoms with Crippen molar-refractivity contribution in [2.75, 3.05) is 0 Å². The van der Waals surface area contributed by atoms with Crippen LogP contribution in [0.15, 0.2) is 14.2 Å². The first-order chi connectivity index (χ1) is 6.07. The number of nitrogens with zero attached hydrogens (tertiary/aromatic N) is 1. The van der Waals surface area contributed by atoms with Crippen LogP contribution in [0.1, 0.15) is 12.8 Å². The molecule has 1 fully saturated rings. The molecular formula is C8H7ClF2IN. The molecule has 1 aliphatic carbocycles. The van der Waals surface area contributed by atoms with Gasteiger partial charge >= 0.3 is 0 Å². The molecule has 0 radical (unpaired) electrons. The van der Waals surface area contributed by atoms with E-state index in [9.17, 15) is 8.78 Å². The van der Waals surface area contributed by atoms with E-state index in [-0.39, 0.29) is 39.5 Å². The van der Waals surface area contributed by atoms with E-state index in [1.807, 2.05) is 4.01 Å². The molecule has 0 unspecified atom stereocenters. The van der Waals surface area contributed by atoms with Crippen LogP contribution >= 0.6 is 32.3 Å². The topological polar surface area (TPSA) is 12.4 Å². The van der Waals surface area contributed by atoms with Gasteiger partial charge in [-0.05, 0) is 4.01 Å². The van der Waals surface area contributed by atoms with Gasteiger partial charge in [-0.25, -0.2) is 8.78 Å². The smallest absolute Gasteiger partial charge is 0.249 e. The molecule has 72 valence electrons. The lowest BCUT2D eigenvalue weighted by atomic mass is 9.78. The van der Waals surface area contributed by atoms with E-state index in [0.717, 1.165) is 8.75 Å². The predicted octanol–water partition coefficient (Wildman–Crippen LogP) is 3.30. The molecule has 0 spiro atoms. The lowest BCUT2D eigenvalue weighted by molar-refractivity contribution is -0.0903. The minimum atomic E-state index is -2.45. The predicted molar refractivity (Wildman–Crippen MR) is 59.1 cm³/mol. The van der Waals surface area contributed by atoms with Crippen LogP contribution in [-0.4, -0.2) is 15.6 Å². The summed E-state index contributed by atoms with van der Waals surface area (Å²) in [6.07, 6.45) is 1.51. The highest BCUT2D eigenvalue weighted by Crippen LogP contribution is 2.43. The molecule has 2 rings (SSSR count). The van der Waals surface area contributed by atoms with Crippen LogP contribution in [0.3, 0.4) is 0 Å². The van der Waals surface area contributed by atoms with Crippen molar-refractivity contribution in [2.45, 2.75) is 18.8 Å². The summed E-state index contributed by atoms with van der Waals surface area (Å²) in [6.45, 7) is 0. The van der Waals surface area contributed by atoms with Crippen LogP contribution in [0.4, 0.5) is 8.78 Å². The summed E-state index contributed by atoms with van der Waals surface area (Å²) >= 11 is 5.43. The van der Waals surface area contributed by atoms with E-state index < -0.39 is 5.92 Å². The zero-order chi connectivity index (χ0) is 9.47. The van der Waals surface area contributed by atoms with Gasteiger partial charge in [0.1, 0.15) is 0 Å². The van der Waals surface area contributed by atoms with E-state index in [1.54, 1.807) is 6.20 Å². The molecule has 1 saturated carbocycles. The maximum absolute atomic E-state index is 12.5. The van der Waals surface area contributed by atoms with E-state index in [1.165, 1.54) is 0 Å².